The Morgan fingerprint density at radius 1 is 0.824 bits per heavy atom. The van der Waals surface area contributed by atoms with Crippen LogP contribution in [0.4, 0.5) is 11.5 Å². The molecule has 0 unspecified atom stereocenters. The molecule has 3 heterocycles. The maximum atomic E-state index is 13.7. The van der Waals surface area contributed by atoms with E-state index in [0.29, 0.717) is 48.7 Å². The van der Waals surface area contributed by atoms with Crippen LogP contribution in [0.3, 0.4) is 0 Å². The Morgan fingerprint density at radius 2 is 1.50 bits per heavy atom. The van der Waals surface area contributed by atoms with Gasteiger partial charge in [0.05, 0.1) is 22.9 Å². The molecule has 7 heteroatoms. The van der Waals surface area contributed by atoms with E-state index >= 15 is 0 Å². The van der Waals surface area contributed by atoms with E-state index in [1.807, 2.05) is 54.3 Å². The Morgan fingerprint density at radius 3 is 2.12 bits per heavy atom. The predicted molar refractivity (Wildman–Crippen MR) is 130 cm³/mol. The van der Waals surface area contributed by atoms with Gasteiger partial charge in [0.15, 0.2) is 0 Å². The Balaban J connectivity index is 1.50. The van der Waals surface area contributed by atoms with Crippen LogP contribution in [0.2, 0.25) is 0 Å². The van der Waals surface area contributed by atoms with Crippen molar-refractivity contribution in [2.75, 3.05) is 36.0 Å². The number of rotatable bonds is 4. The number of hydrogen-bond acceptors (Lipinski definition) is 6. The fraction of sp³-hybridized carbons (Fsp3) is 0.185. The third-order valence-electron chi connectivity index (χ3n) is 6.22. The van der Waals surface area contributed by atoms with Crippen molar-refractivity contribution in [3.63, 3.8) is 0 Å². The van der Waals surface area contributed by atoms with E-state index < -0.39 is 0 Å². The van der Waals surface area contributed by atoms with Gasteiger partial charge in [0, 0.05) is 32.4 Å². The van der Waals surface area contributed by atoms with Gasteiger partial charge in [0.1, 0.15) is 11.5 Å². The highest BCUT2D eigenvalue weighted by atomic mass is 16.2. The van der Waals surface area contributed by atoms with E-state index in [9.17, 15) is 9.59 Å². The summed E-state index contributed by atoms with van der Waals surface area (Å²) in [6, 6.07) is 22.1. The average molecular weight is 450 g/mol. The number of benzene rings is 2. The first-order valence-electron chi connectivity index (χ1n) is 11.2. The lowest BCUT2D eigenvalue weighted by Crippen LogP contribution is -2.48. The first-order chi connectivity index (χ1) is 16.6. The quantitative estimate of drug-likeness (QED) is 0.568. The highest BCUT2D eigenvalue weighted by Gasteiger charge is 2.43. The summed E-state index contributed by atoms with van der Waals surface area (Å²) in [6.45, 7) is 4.57. The van der Waals surface area contributed by atoms with Gasteiger partial charge in [-0.05, 0) is 48.9 Å². The maximum absolute atomic E-state index is 13.7. The highest BCUT2D eigenvalue weighted by molar-refractivity contribution is 6.45. The van der Waals surface area contributed by atoms with Gasteiger partial charge in [-0.15, -0.1) is 0 Å². The number of aryl methyl sites for hydroxylation is 1. The number of nitrogens with zero attached hydrogens (tertiary/aromatic N) is 5. The smallest absolute Gasteiger partial charge is 0.282 e. The van der Waals surface area contributed by atoms with Crippen molar-refractivity contribution in [3.8, 4) is 6.07 Å². The fourth-order valence-electron chi connectivity index (χ4n) is 4.41. The first-order valence-corrected chi connectivity index (χ1v) is 11.2. The number of hydrogen-bond donors (Lipinski definition) is 0. The molecule has 0 saturated carbocycles. The molecular weight excluding hydrogens is 426 g/mol. The van der Waals surface area contributed by atoms with Crippen molar-refractivity contribution in [3.05, 3.63) is 95.3 Å². The zero-order valence-corrected chi connectivity index (χ0v) is 18.8. The number of pyridine rings is 1. The molecule has 0 bridgehead atoms. The molecule has 2 aromatic carbocycles. The zero-order valence-electron chi connectivity index (χ0n) is 18.8. The molecule has 1 saturated heterocycles. The number of nitriles is 1. The average Bonchev–Trinajstić information content (AvgIpc) is 3.15. The van der Waals surface area contributed by atoms with E-state index in [0.717, 1.165) is 16.9 Å². The number of carbonyl (C=O) groups is 2. The van der Waals surface area contributed by atoms with Gasteiger partial charge in [0.2, 0.25) is 0 Å². The predicted octanol–water partition coefficient (Wildman–Crippen LogP) is 3.37. The van der Waals surface area contributed by atoms with Crippen molar-refractivity contribution in [1.29, 1.82) is 5.26 Å². The topological polar surface area (TPSA) is 80.5 Å². The third-order valence-corrected chi connectivity index (χ3v) is 6.22. The minimum atomic E-state index is -0.347. The monoisotopic (exact) mass is 449 g/mol. The molecule has 0 radical (unpaired) electrons. The van der Waals surface area contributed by atoms with Gasteiger partial charge in [0.25, 0.3) is 11.8 Å². The Hall–Kier alpha value is -4.44. The molecule has 0 atom stereocenters. The normalized spacial score (nSPS) is 16.3. The van der Waals surface area contributed by atoms with Crippen LogP contribution < -0.4 is 9.80 Å². The van der Waals surface area contributed by atoms with Crippen LogP contribution in [-0.4, -0.2) is 47.9 Å². The second kappa shape index (κ2) is 8.83. The number of aromatic nitrogens is 1. The Labute approximate surface area is 198 Å². The Bertz CT molecular complexity index is 1300. The molecular formula is C27H23N5O2. The van der Waals surface area contributed by atoms with Gasteiger partial charge in [-0.3, -0.25) is 9.59 Å². The van der Waals surface area contributed by atoms with Crippen molar-refractivity contribution in [1.82, 2.24) is 9.88 Å². The van der Waals surface area contributed by atoms with E-state index in [1.165, 1.54) is 4.90 Å². The SMILES string of the molecule is Cc1ccc(C2=C(N3CCN(c4ccccn4)CC3)C(=O)N(c3ccc(C#N)cc3)C2=O)cc1. The van der Waals surface area contributed by atoms with Crippen molar-refractivity contribution in [2.24, 2.45) is 0 Å². The summed E-state index contributed by atoms with van der Waals surface area (Å²) >= 11 is 0. The Kier molecular flexibility index (Phi) is 5.56. The standard InChI is InChI=1S/C27H23N5O2/c1-19-5-9-21(10-6-19)24-25(31-16-14-30(15-17-31)23-4-2-3-13-29-23)27(34)32(26(24)33)22-11-7-20(18-28)8-12-22/h2-13H,14-17H2,1H3. The first kappa shape index (κ1) is 21.4. The minimum Gasteiger partial charge on any atom is -0.363 e. The van der Waals surface area contributed by atoms with Crippen LogP contribution in [0, 0.1) is 18.3 Å². The molecule has 1 aromatic heterocycles. The molecule has 0 spiro atoms. The van der Waals surface area contributed by atoms with E-state index in [1.54, 1.807) is 30.5 Å². The summed E-state index contributed by atoms with van der Waals surface area (Å²) in [4.78, 5) is 37.2. The lowest BCUT2D eigenvalue weighted by atomic mass is 10.0. The molecule has 2 aliphatic rings. The summed E-state index contributed by atoms with van der Waals surface area (Å²) in [5.41, 5.74) is 3.58. The molecule has 1 fully saturated rings. The van der Waals surface area contributed by atoms with E-state index in [4.69, 9.17) is 5.26 Å². The summed E-state index contributed by atoms with van der Waals surface area (Å²) in [5, 5.41) is 9.11. The zero-order chi connectivity index (χ0) is 23.7. The van der Waals surface area contributed by atoms with Gasteiger partial charge in [-0.2, -0.15) is 5.26 Å². The van der Waals surface area contributed by atoms with E-state index in [-0.39, 0.29) is 11.8 Å². The van der Waals surface area contributed by atoms with Crippen LogP contribution in [0.5, 0.6) is 0 Å². The molecule has 168 valence electrons. The molecule has 0 aliphatic carbocycles. The van der Waals surface area contributed by atoms with Crippen LogP contribution in [0.1, 0.15) is 16.7 Å². The molecule has 5 rings (SSSR count). The van der Waals surface area contributed by atoms with Crippen molar-refractivity contribution in [2.45, 2.75) is 6.92 Å². The van der Waals surface area contributed by atoms with Gasteiger partial charge >= 0.3 is 0 Å². The number of carbonyl (C=O) groups excluding carboxylic acids is 2. The fourth-order valence-corrected chi connectivity index (χ4v) is 4.41. The number of amides is 2. The number of imide groups is 1. The largest absolute Gasteiger partial charge is 0.363 e. The van der Waals surface area contributed by atoms with Crippen molar-refractivity contribution < 1.29 is 9.59 Å². The maximum Gasteiger partial charge on any atom is 0.282 e. The van der Waals surface area contributed by atoms with Gasteiger partial charge in [-0.1, -0.05) is 35.9 Å². The minimum absolute atomic E-state index is 0.337. The lowest BCUT2D eigenvalue weighted by molar-refractivity contribution is -0.120. The van der Waals surface area contributed by atoms with Crippen LogP contribution in [-0.2, 0) is 9.59 Å². The summed E-state index contributed by atoms with van der Waals surface area (Å²) in [6.07, 6.45) is 1.77. The molecule has 7 nitrogen and oxygen atoms in total. The number of anilines is 2. The molecule has 34 heavy (non-hydrogen) atoms. The number of piperazine rings is 1. The summed E-state index contributed by atoms with van der Waals surface area (Å²) in [5.74, 6) is 0.222. The lowest BCUT2D eigenvalue weighted by Gasteiger charge is -2.37. The third kappa shape index (κ3) is 3.80. The van der Waals surface area contributed by atoms with Gasteiger partial charge < -0.3 is 9.80 Å². The highest BCUT2D eigenvalue weighted by Crippen LogP contribution is 2.35. The van der Waals surface area contributed by atoms with Crippen LogP contribution in [0.25, 0.3) is 5.57 Å². The summed E-state index contributed by atoms with van der Waals surface area (Å²) < 4.78 is 0. The second-order valence-corrected chi connectivity index (χ2v) is 8.36. The summed E-state index contributed by atoms with van der Waals surface area (Å²) in [7, 11) is 0. The second-order valence-electron chi connectivity index (χ2n) is 8.36. The molecule has 3 aromatic rings. The van der Waals surface area contributed by atoms with Gasteiger partial charge in [-0.25, -0.2) is 9.88 Å². The molecule has 0 N–H and O–H groups in total. The van der Waals surface area contributed by atoms with Crippen LogP contribution >= 0.6 is 0 Å². The van der Waals surface area contributed by atoms with E-state index in [2.05, 4.69) is 16.0 Å². The van der Waals surface area contributed by atoms with Crippen LogP contribution in [0.15, 0.2) is 78.6 Å². The molecule has 2 aliphatic heterocycles. The van der Waals surface area contributed by atoms with Crippen molar-refractivity contribution >= 4 is 28.9 Å². The molecule has 2 amide bonds.